The van der Waals surface area contributed by atoms with Crippen LogP contribution in [0.3, 0.4) is 0 Å². The van der Waals surface area contributed by atoms with Crippen molar-refractivity contribution in [3.05, 3.63) is 23.2 Å². The van der Waals surface area contributed by atoms with Gasteiger partial charge in [0.05, 0.1) is 25.7 Å². The predicted octanol–water partition coefficient (Wildman–Crippen LogP) is 2.20. The number of methoxy groups -OCH3 is 3. The number of fused-ring (bicyclic) bond motifs is 2. The molecule has 0 spiro atoms. The van der Waals surface area contributed by atoms with Gasteiger partial charge in [0.2, 0.25) is 11.6 Å². The van der Waals surface area contributed by atoms with Crippen molar-refractivity contribution in [1.82, 2.24) is 0 Å². The van der Waals surface area contributed by atoms with Crippen LogP contribution in [-0.4, -0.2) is 51.1 Å². The molecule has 0 aromatic carbocycles. The molecule has 0 unspecified atom stereocenters. The van der Waals surface area contributed by atoms with Gasteiger partial charge in [-0.25, -0.2) is 0 Å². The lowest BCUT2D eigenvalue weighted by Crippen LogP contribution is -2.69. The Morgan fingerprint density at radius 2 is 1.72 bits per heavy atom. The minimum atomic E-state index is -1.22. The van der Waals surface area contributed by atoms with E-state index < -0.39 is 29.0 Å². The van der Waals surface area contributed by atoms with Crippen LogP contribution in [0.4, 0.5) is 0 Å². The van der Waals surface area contributed by atoms with Crippen LogP contribution in [0.1, 0.15) is 33.6 Å². The van der Waals surface area contributed by atoms with Crippen LogP contribution >= 0.6 is 0 Å². The fourth-order valence-electron chi connectivity index (χ4n) is 6.57. The van der Waals surface area contributed by atoms with E-state index in [0.29, 0.717) is 12.8 Å². The van der Waals surface area contributed by atoms with Crippen LogP contribution in [0, 0.1) is 28.6 Å². The van der Waals surface area contributed by atoms with Gasteiger partial charge in [-0.1, -0.05) is 13.8 Å². The largest absolute Gasteiger partial charge is 0.493 e. The van der Waals surface area contributed by atoms with E-state index in [4.69, 9.17) is 18.9 Å². The molecular weight excluding hydrogens is 376 g/mol. The van der Waals surface area contributed by atoms with E-state index in [1.54, 1.807) is 14.0 Å². The first-order valence-electron chi connectivity index (χ1n) is 9.97. The van der Waals surface area contributed by atoms with E-state index in [2.05, 4.69) is 0 Å². The van der Waals surface area contributed by atoms with Crippen molar-refractivity contribution in [2.24, 2.45) is 28.6 Å². The molecule has 3 aliphatic carbocycles. The SMILES string of the molecule is COC1=CC(=O)[C@@H]2C[C@H]3O[C@H](OC)C[C@H]4C(C)=C(OC)C(=O)[C@H]([C@@]2(C)C1=O)[C@@]34C. The molecule has 0 bridgehead atoms. The van der Waals surface area contributed by atoms with Crippen molar-refractivity contribution in [2.75, 3.05) is 21.3 Å². The number of carbonyl (C=O) groups is 3. The fourth-order valence-corrected chi connectivity index (χ4v) is 6.57. The maximum Gasteiger partial charge on any atom is 0.204 e. The van der Waals surface area contributed by atoms with Gasteiger partial charge < -0.3 is 18.9 Å². The summed E-state index contributed by atoms with van der Waals surface area (Å²) in [5.74, 6) is -1.93. The highest BCUT2D eigenvalue weighted by Crippen LogP contribution is 2.66. The number of carbonyl (C=O) groups excluding carboxylic acids is 3. The molecule has 158 valence electrons. The third-order valence-electron chi connectivity index (χ3n) is 7.97. The van der Waals surface area contributed by atoms with Crippen molar-refractivity contribution < 1.29 is 33.3 Å². The molecule has 1 saturated heterocycles. The Morgan fingerprint density at radius 1 is 1.03 bits per heavy atom. The van der Waals surface area contributed by atoms with Gasteiger partial charge in [-0.05, 0) is 24.8 Å². The zero-order valence-electron chi connectivity index (χ0n) is 17.7. The summed E-state index contributed by atoms with van der Waals surface area (Å²) in [6.45, 7) is 5.65. The highest BCUT2D eigenvalue weighted by atomic mass is 16.7. The summed E-state index contributed by atoms with van der Waals surface area (Å²) in [6, 6.07) is 0. The van der Waals surface area contributed by atoms with Crippen molar-refractivity contribution in [3.63, 3.8) is 0 Å². The van der Waals surface area contributed by atoms with E-state index in [1.165, 1.54) is 20.3 Å². The van der Waals surface area contributed by atoms with Gasteiger partial charge in [0, 0.05) is 36.9 Å². The van der Waals surface area contributed by atoms with Crippen LogP contribution in [0.15, 0.2) is 23.2 Å². The average molecular weight is 404 g/mol. The molecule has 7 nitrogen and oxygen atoms in total. The first kappa shape index (κ1) is 20.3. The minimum absolute atomic E-state index is 0.0110. The van der Waals surface area contributed by atoms with Gasteiger partial charge in [-0.15, -0.1) is 0 Å². The predicted molar refractivity (Wildman–Crippen MR) is 101 cm³/mol. The molecule has 1 heterocycles. The summed E-state index contributed by atoms with van der Waals surface area (Å²) in [7, 11) is 4.43. The molecule has 0 radical (unpaired) electrons. The molecule has 4 aliphatic rings. The van der Waals surface area contributed by atoms with Crippen LogP contribution in [0.2, 0.25) is 0 Å². The Balaban J connectivity index is 1.97. The summed E-state index contributed by atoms with van der Waals surface area (Å²) in [4.78, 5) is 40.2. The van der Waals surface area contributed by atoms with Crippen molar-refractivity contribution in [3.8, 4) is 0 Å². The Bertz CT molecular complexity index is 855. The number of rotatable bonds is 3. The van der Waals surface area contributed by atoms with E-state index in [9.17, 15) is 14.4 Å². The summed E-state index contributed by atoms with van der Waals surface area (Å²) >= 11 is 0. The molecule has 29 heavy (non-hydrogen) atoms. The summed E-state index contributed by atoms with van der Waals surface area (Å²) in [5, 5.41) is 0. The Kier molecular flexibility index (Phi) is 4.55. The molecule has 0 aromatic heterocycles. The normalized spacial score (nSPS) is 44.1. The van der Waals surface area contributed by atoms with Gasteiger partial charge in [-0.3, -0.25) is 14.4 Å². The quantitative estimate of drug-likeness (QED) is 0.712. The molecule has 7 atom stereocenters. The fraction of sp³-hybridized carbons (Fsp3) is 0.682. The topological polar surface area (TPSA) is 88.1 Å². The van der Waals surface area contributed by atoms with Crippen molar-refractivity contribution in [1.29, 1.82) is 0 Å². The molecular formula is C22H28O7. The first-order chi connectivity index (χ1) is 13.7. The monoisotopic (exact) mass is 404 g/mol. The molecule has 4 rings (SSSR count). The summed E-state index contributed by atoms with van der Waals surface area (Å²) in [5.41, 5.74) is -1.02. The smallest absolute Gasteiger partial charge is 0.204 e. The second-order valence-electron chi connectivity index (χ2n) is 8.97. The highest BCUT2D eigenvalue weighted by Gasteiger charge is 2.72. The third-order valence-corrected chi connectivity index (χ3v) is 7.97. The number of hydrogen-bond acceptors (Lipinski definition) is 7. The van der Waals surface area contributed by atoms with Gasteiger partial charge in [0.15, 0.2) is 23.6 Å². The zero-order chi connectivity index (χ0) is 21.3. The molecule has 7 heteroatoms. The average Bonchev–Trinajstić information content (AvgIpc) is 2.68. The highest BCUT2D eigenvalue weighted by molar-refractivity contribution is 6.15. The lowest BCUT2D eigenvalue weighted by molar-refractivity contribution is -0.275. The van der Waals surface area contributed by atoms with Gasteiger partial charge in [0.1, 0.15) is 0 Å². The number of hydrogen-bond donors (Lipinski definition) is 0. The van der Waals surface area contributed by atoms with Gasteiger partial charge in [0.25, 0.3) is 0 Å². The Morgan fingerprint density at radius 3 is 2.31 bits per heavy atom. The molecule has 0 amide bonds. The molecule has 1 aliphatic heterocycles. The second-order valence-corrected chi connectivity index (χ2v) is 8.97. The Labute approximate surface area is 170 Å². The van der Waals surface area contributed by atoms with E-state index in [-0.39, 0.29) is 40.9 Å². The standard InChI is InChI=1S/C22H28O7/c1-10-11-8-16(27-5)29-15-7-12-13(23)9-14(26-4)20(25)22(12,3)19(21(11,15)2)17(24)18(10)28-6/h9,11-12,15-16,19H,7-8H2,1-6H3/t11-,12-,15+,16-,19-,21+,22-/m0/s1. The maximum atomic E-state index is 13.7. The second kappa shape index (κ2) is 6.51. The minimum Gasteiger partial charge on any atom is -0.493 e. The van der Waals surface area contributed by atoms with Gasteiger partial charge in [-0.2, -0.15) is 0 Å². The third kappa shape index (κ3) is 2.34. The number of ether oxygens (including phenoxy) is 4. The Hall–Kier alpha value is -1.99. The van der Waals surface area contributed by atoms with E-state index in [1.807, 2.05) is 13.8 Å². The van der Waals surface area contributed by atoms with Crippen LogP contribution in [0.5, 0.6) is 0 Å². The molecule has 1 saturated carbocycles. The first-order valence-corrected chi connectivity index (χ1v) is 9.97. The lowest BCUT2D eigenvalue weighted by atomic mass is 9.41. The van der Waals surface area contributed by atoms with Gasteiger partial charge >= 0.3 is 0 Å². The number of allylic oxidation sites excluding steroid dienone is 4. The number of Topliss-reactive ketones (excluding diaryl/α,β-unsaturated/α-hetero) is 2. The molecule has 0 N–H and O–H groups in total. The summed E-state index contributed by atoms with van der Waals surface area (Å²) < 4.78 is 22.5. The van der Waals surface area contributed by atoms with Crippen molar-refractivity contribution >= 4 is 17.3 Å². The lowest BCUT2D eigenvalue weighted by Gasteiger charge is -2.64. The van der Waals surface area contributed by atoms with Crippen LogP contribution in [-0.2, 0) is 33.3 Å². The maximum absolute atomic E-state index is 13.7. The molecule has 0 aromatic rings. The zero-order valence-corrected chi connectivity index (χ0v) is 17.7. The van der Waals surface area contributed by atoms with Crippen LogP contribution < -0.4 is 0 Å². The number of ketones is 3. The van der Waals surface area contributed by atoms with E-state index >= 15 is 0 Å². The molecule has 2 fully saturated rings. The van der Waals surface area contributed by atoms with E-state index in [0.717, 1.165) is 5.57 Å². The van der Waals surface area contributed by atoms with Crippen molar-refractivity contribution in [2.45, 2.75) is 46.0 Å². The summed E-state index contributed by atoms with van der Waals surface area (Å²) in [6.07, 6.45) is 1.35. The van der Waals surface area contributed by atoms with Crippen LogP contribution in [0.25, 0.3) is 0 Å².